The smallest absolute Gasteiger partial charge is 0.269 e. The van der Waals surface area contributed by atoms with Gasteiger partial charge in [0.05, 0.1) is 15.9 Å². The number of aryl methyl sites for hydroxylation is 1. The van der Waals surface area contributed by atoms with Gasteiger partial charge < -0.3 is 5.11 Å². The van der Waals surface area contributed by atoms with E-state index in [1.807, 2.05) is 0 Å². The number of aliphatic hydroxyl groups excluding tert-OH is 1. The number of hydrogen-bond donors (Lipinski definition) is 1. The SMILES string of the molecule is Cc1cc([N+](=O)[O-])ccc1S(=O)(=O)N1CCC(O)C1. The number of sulfonamides is 1. The molecule has 1 aliphatic rings. The molecular formula is C11H14N2O5S. The Hall–Kier alpha value is -1.51. The van der Waals surface area contributed by atoms with Crippen LogP contribution in [0.5, 0.6) is 0 Å². The molecule has 0 radical (unpaired) electrons. The van der Waals surface area contributed by atoms with Gasteiger partial charge in [-0.1, -0.05) is 0 Å². The van der Waals surface area contributed by atoms with Crippen LogP contribution >= 0.6 is 0 Å². The Morgan fingerprint density at radius 2 is 2.16 bits per heavy atom. The Morgan fingerprint density at radius 1 is 1.47 bits per heavy atom. The Bertz CT molecular complexity index is 614. The molecule has 0 aromatic heterocycles. The van der Waals surface area contributed by atoms with E-state index in [4.69, 9.17) is 0 Å². The summed E-state index contributed by atoms with van der Waals surface area (Å²) in [7, 11) is -3.69. The van der Waals surface area contributed by atoms with Crippen molar-refractivity contribution in [2.45, 2.75) is 24.3 Å². The lowest BCUT2D eigenvalue weighted by molar-refractivity contribution is -0.385. The minimum absolute atomic E-state index is 0.0483. The molecule has 0 saturated carbocycles. The van der Waals surface area contributed by atoms with E-state index in [0.29, 0.717) is 12.0 Å². The largest absolute Gasteiger partial charge is 0.392 e. The average Bonchev–Trinajstić information content (AvgIpc) is 2.76. The summed E-state index contributed by atoms with van der Waals surface area (Å²) < 4.78 is 25.9. The maximum atomic E-state index is 12.3. The first kappa shape index (κ1) is 13.9. The molecule has 1 unspecified atom stereocenters. The van der Waals surface area contributed by atoms with Crippen LogP contribution in [0.25, 0.3) is 0 Å². The molecule has 1 aromatic carbocycles. The van der Waals surface area contributed by atoms with Crippen LogP contribution in [0, 0.1) is 17.0 Å². The lowest BCUT2D eigenvalue weighted by Crippen LogP contribution is -2.30. The minimum Gasteiger partial charge on any atom is -0.392 e. The molecule has 1 atom stereocenters. The second kappa shape index (κ2) is 4.87. The molecule has 7 nitrogen and oxygen atoms in total. The zero-order valence-electron chi connectivity index (χ0n) is 10.3. The summed E-state index contributed by atoms with van der Waals surface area (Å²) in [6, 6.07) is 3.65. The van der Waals surface area contributed by atoms with Gasteiger partial charge in [0.25, 0.3) is 5.69 Å². The van der Waals surface area contributed by atoms with E-state index in [-0.39, 0.29) is 23.7 Å². The summed E-state index contributed by atoms with van der Waals surface area (Å²) in [4.78, 5) is 10.1. The van der Waals surface area contributed by atoms with Crippen LogP contribution in [0.3, 0.4) is 0 Å². The maximum absolute atomic E-state index is 12.3. The van der Waals surface area contributed by atoms with Crippen LogP contribution in [0.1, 0.15) is 12.0 Å². The first-order chi connectivity index (χ1) is 8.82. The molecule has 0 aliphatic carbocycles. The number of aliphatic hydroxyl groups is 1. The molecule has 19 heavy (non-hydrogen) atoms. The molecule has 1 heterocycles. The van der Waals surface area contributed by atoms with Crippen molar-refractivity contribution >= 4 is 15.7 Å². The first-order valence-electron chi connectivity index (χ1n) is 5.75. The fourth-order valence-corrected chi connectivity index (χ4v) is 3.80. The van der Waals surface area contributed by atoms with Gasteiger partial charge in [0.2, 0.25) is 10.0 Å². The van der Waals surface area contributed by atoms with Crippen LogP contribution in [-0.4, -0.2) is 41.9 Å². The Morgan fingerprint density at radius 3 is 2.63 bits per heavy atom. The van der Waals surface area contributed by atoms with Gasteiger partial charge in [-0.2, -0.15) is 4.31 Å². The van der Waals surface area contributed by atoms with Crippen molar-refractivity contribution in [2.24, 2.45) is 0 Å². The number of nitro benzene ring substituents is 1. The monoisotopic (exact) mass is 286 g/mol. The molecule has 1 saturated heterocycles. The van der Waals surface area contributed by atoms with Gasteiger partial charge in [-0.05, 0) is 25.0 Å². The lowest BCUT2D eigenvalue weighted by Gasteiger charge is -2.17. The van der Waals surface area contributed by atoms with Gasteiger partial charge in [0.15, 0.2) is 0 Å². The van der Waals surface area contributed by atoms with Gasteiger partial charge in [0.1, 0.15) is 0 Å². The van der Waals surface area contributed by atoms with Crippen LogP contribution in [0.4, 0.5) is 5.69 Å². The number of β-amino-alcohol motifs (C(OH)–C–C–N with tert-alkyl or cyclic N) is 1. The van der Waals surface area contributed by atoms with Crippen molar-refractivity contribution in [2.75, 3.05) is 13.1 Å². The number of nitro groups is 1. The normalized spacial score (nSPS) is 20.6. The molecule has 1 fully saturated rings. The molecule has 1 aliphatic heterocycles. The fourth-order valence-electron chi connectivity index (χ4n) is 2.10. The van der Waals surface area contributed by atoms with Crippen molar-refractivity contribution in [1.82, 2.24) is 4.31 Å². The predicted octanol–water partition coefficient (Wildman–Crippen LogP) is 0.659. The average molecular weight is 286 g/mol. The lowest BCUT2D eigenvalue weighted by atomic mass is 10.2. The summed E-state index contributed by atoms with van der Waals surface area (Å²) in [6.45, 7) is 1.85. The highest BCUT2D eigenvalue weighted by Crippen LogP contribution is 2.26. The van der Waals surface area contributed by atoms with Crippen molar-refractivity contribution in [3.05, 3.63) is 33.9 Å². The van der Waals surface area contributed by atoms with E-state index >= 15 is 0 Å². The molecule has 8 heteroatoms. The third-order valence-electron chi connectivity index (χ3n) is 3.11. The van der Waals surface area contributed by atoms with E-state index in [0.717, 1.165) is 0 Å². The molecule has 104 valence electrons. The summed E-state index contributed by atoms with van der Waals surface area (Å²) >= 11 is 0. The van der Waals surface area contributed by atoms with Crippen LogP contribution < -0.4 is 0 Å². The molecule has 0 amide bonds. The summed E-state index contributed by atoms with van der Waals surface area (Å²) in [5.74, 6) is 0. The third-order valence-corrected chi connectivity index (χ3v) is 5.14. The number of nitrogens with zero attached hydrogens (tertiary/aromatic N) is 2. The van der Waals surface area contributed by atoms with Crippen molar-refractivity contribution < 1.29 is 18.4 Å². The fraction of sp³-hybridized carbons (Fsp3) is 0.455. The molecule has 0 bridgehead atoms. The van der Waals surface area contributed by atoms with Crippen LogP contribution in [-0.2, 0) is 10.0 Å². The van der Waals surface area contributed by atoms with Crippen molar-refractivity contribution in [3.8, 4) is 0 Å². The van der Waals surface area contributed by atoms with Gasteiger partial charge in [0, 0.05) is 25.2 Å². The summed E-state index contributed by atoms with van der Waals surface area (Å²) in [6.07, 6.45) is -0.237. The quantitative estimate of drug-likeness (QED) is 0.649. The van der Waals surface area contributed by atoms with Gasteiger partial charge in [-0.25, -0.2) is 8.42 Å². The van der Waals surface area contributed by atoms with Crippen LogP contribution in [0.2, 0.25) is 0 Å². The summed E-state index contributed by atoms with van der Waals surface area (Å²) in [5, 5.41) is 20.0. The molecule has 2 rings (SSSR count). The number of rotatable bonds is 3. The zero-order chi connectivity index (χ0) is 14.2. The number of hydrogen-bond acceptors (Lipinski definition) is 5. The standard InChI is InChI=1S/C11H14N2O5S/c1-8-6-9(13(15)16)2-3-11(8)19(17,18)12-5-4-10(14)7-12/h2-3,6,10,14H,4-5,7H2,1H3. The number of non-ortho nitro benzene ring substituents is 1. The Kier molecular flexibility index (Phi) is 3.57. The van der Waals surface area contributed by atoms with Gasteiger partial charge in [-0.15, -0.1) is 0 Å². The molecular weight excluding hydrogens is 272 g/mol. The highest BCUT2D eigenvalue weighted by molar-refractivity contribution is 7.89. The molecule has 0 spiro atoms. The minimum atomic E-state index is -3.69. The topological polar surface area (TPSA) is 101 Å². The van der Waals surface area contributed by atoms with E-state index in [1.54, 1.807) is 0 Å². The first-order valence-corrected chi connectivity index (χ1v) is 7.19. The van der Waals surface area contributed by atoms with Gasteiger partial charge in [-0.3, -0.25) is 10.1 Å². The molecule has 1 aromatic rings. The Balaban J connectivity index is 2.38. The van der Waals surface area contributed by atoms with Crippen molar-refractivity contribution in [3.63, 3.8) is 0 Å². The van der Waals surface area contributed by atoms with E-state index in [9.17, 15) is 23.6 Å². The van der Waals surface area contributed by atoms with Crippen molar-refractivity contribution in [1.29, 1.82) is 0 Å². The third kappa shape index (κ3) is 2.60. The Labute approximate surface area is 110 Å². The zero-order valence-corrected chi connectivity index (χ0v) is 11.1. The van der Waals surface area contributed by atoms with E-state index in [1.165, 1.54) is 29.4 Å². The van der Waals surface area contributed by atoms with Crippen LogP contribution in [0.15, 0.2) is 23.1 Å². The highest BCUT2D eigenvalue weighted by atomic mass is 32.2. The second-order valence-corrected chi connectivity index (χ2v) is 6.42. The predicted molar refractivity (Wildman–Crippen MR) is 67.2 cm³/mol. The van der Waals surface area contributed by atoms with E-state index < -0.39 is 21.1 Å². The number of benzene rings is 1. The summed E-state index contributed by atoms with van der Waals surface area (Å²) in [5.41, 5.74) is 0.188. The van der Waals surface area contributed by atoms with E-state index in [2.05, 4.69) is 0 Å². The second-order valence-electron chi connectivity index (χ2n) is 4.51. The highest BCUT2D eigenvalue weighted by Gasteiger charge is 2.32. The maximum Gasteiger partial charge on any atom is 0.269 e. The van der Waals surface area contributed by atoms with Gasteiger partial charge >= 0.3 is 0 Å². The molecule has 1 N–H and O–H groups in total.